The van der Waals surface area contributed by atoms with Crippen LogP contribution in [0.3, 0.4) is 0 Å². The summed E-state index contributed by atoms with van der Waals surface area (Å²) in [5.41, 5.74) is 2.64. The number of carbonyl (C=O) groups excluding carboxylic acids is 2. The Kier molecular flexibility index (Phi) is 5.93. The first kappa shape index (κ1) is 17.2. The Morgan fingerprint density at radius 3 is 2.30 bits per heavy atom. The van der Waals surface area contributed by atoms with E-state index in [2.05, 4.69) is 21.2 Å². The van der Waals surface area contributed by atoms with E-state index < -0.39 is 12.1 Å². The molecular formula is C18H18BrNO3. The average molecular weight is 376 g/mol. The van der Waals surface area contributed by atoms with Gasteiger partial charge in [0.15, 0.2) is 6.10 Å². The number of halogens is 1. The molecule has 1 N–H and O–H groups in total. The Hall–Kier alpha value is -2.14. The summed E-state index contributed by atoms with van der Waals surface area (Å²) in [6.07, 6.45) is -0.701. The molecule has 5 heteroatoms. The number of amides is 1. The van der Waals surface area contributed by atoms with Crippen LogP contribution in [-0.2, 0) is 20.7 Å². The zero-order valence-electron chi connectivity index (χ0n) is 13.0. The van der Waals surface area contributed by atoms with E-state index in [9.17, 15) is 9.59 Å². The second-order valence-corrected chi connectivity index (χ2v) is 6.21. The fourth-order valence-corrected chi connectivity index (χ4v) is 2.21. The smallest absolute Gasteiger partial charge is 0.311 e. The van der Waals surface area contributed by atoms with Gasteiger partial charge < -0.3 is 10.1 Å². The lowest BCUT2D eigenvalue weighted by molar-refractivity contribution is -0.152. The van der Waals surface area contributed by atoms with Gasteiger partial charge in [0.25, 0.3) is 5.91 Å². The molecular weight excluding hydrogens is 358 g/mol. The van der Waals surface area contributed by atoms with Crippen molar-refractivity contribution < 1.29 is 14.3 Å². The number of nitrogens with one attached hydrogen (secondary N) is 1. The summed E-state index contributed by atoms with van der Waals surface area (Å²) in [5.74, 6) is -0.781. The van der Waals surface area contributed by atoms with E-state index in [1.165, 1.54) is 0 Å². The highest BCUT2D eigenvalue weighted by Gasteiger charge is 2.18. The van der Waals surface area contributed by atoms with Gasteiger partial charge in [0.2, 0.25) is 0 Å². The molecule has 23 heavy (non-hydrogen) atoms. The number of esters is 1. The summed E-state index contributed by atoms with van der Waals surface area (Å²) in [6.45, 7) is 3.54. The molecule has 0 saturated heterocycles. The maximum atomic E-state index is 12.0. The first-order valence-electron chi connectivity index (χ1n) is 7.25. The van der Waals surface area contributed by atoms with Gasteiger partial charge in [0.05, 0.1) is 6.42 Å². The highest BCUT2D eigenvalue weighted by molar-refractivity contribution is 9.10. The third kappa shape index (κ3) is 5.53. The van der Waals surface area contributed by atoms with Crippen LogP contribution in [0, 0.1) is 6.92 Å². The van der Waals surface area contributed by atoms with Crippen LogP contribution < -0.4 is 5.32 Å². The van der Waals surface area contributed by atoms with Crippen LogP contribution in [0.2, 0.25) is 0 Å². The van der Waals surface area contributed by atoms with Crippen LogP contribution in [0.15, 0.2) is 53.0 Å². The molecule has 2 aromatic carbocycles. The zero-order chi connectivity index (χ0) is 16.8. The van der Waals surface area contributed by atoms with E-state index in [-0.39, 0.29) is 12.3 Å². The molecule has 120 valence electrons. The van der Waals surface area contributed by atoms with Gasteiger partial charge in [-0.25, -0.2) is 0 Å². The number of aryl methyl sites for hydroxylation is 1. The second kappa shape index (κ2) is 7.92. The SMILES string of the molecule is Cc1ccc(CC(=O)O[C@H](C)C(=O)Nc2ccc(Br)cc2)cc1. The third-order valence-electron chi connectivity index (χ3n) is 3.26. The molecule has 0 aromatic heterocycles. The highest BCUT2D eigenvalue weighted by Crippen LogP contribution is 2.14. The number of anilines is 1. The van der Waals surface area contributed by atoms with Gasteiger partial charge in [-0.05, 0) is 43.7 Å². The lowest BCUT2D eigenvalue weighted by Gasteiger charge is -2.13. The molecule has 2 rings (SSSR count). The van der Waals surface area contributed by atoms with Crippen LogP contribution in [-0.4, -0.2) is 18.0 Å². The lowest BCUT2D eigenvalue weighted by atomic mass is 10.1. The third-order valence-corrected chi connectivity index (χ3v) is 3.79. The molecule has 1 amide bonds. The molecule has 0 aliphatic rings. The Balaban J connectivity index is 1.86. The predicted octanol–water partition coefficient (Wildman–Crippen LogP) is 3.87. The van der Waals surface area contributed by atoms with Crippen molar-refractivity contribution in [2.75, 3.05) is 5.32 Å². The van der Waals surface area contributed by atoms with Crippen molar-refractivity contribution in [3.63, 3.8) is 0 Å². The fraction of sp³-hybridized carbons (Fsp3) is 0.222. The predicted molar refractivity (Wildman–Crippen MR) is 93.2 cm³/mol. The average Bonchev–Trinajstić information content (AvgIpc) is 2.51. The van der Waals surface area contributed by atoms with E-state index in [0.29, 0.717) is 5.69 Å². The summed E-state index contributed by atoms with van der Waals surface area (Å²) < 4.78 is 6.11. The normalized spacial score (nSPS) is 11.6. The maximum absolute atomic E-state index is 12.0. The Bertz CT molecular complexity index is 680. The van der Waals surface area contributed by atoms with E-state index in [1.807, 2.05) is 43.3 Å². The molecule has 1 atom stereocenters. The molecule has 0 spiro atoms. The molecule has 0 aliphatic heterocycles. The Morgan fingerprint density at radius 2 is 1.70 bits per heavy atom. The van der Waals surface area contributed by atoms with Crippen molar-refractivity contribution in [2.45, 2.75) is 26.4 Å². The van der Waals surface area contributed by atoms with E-state index >= 15 is 0 Å². The van der Waals surface area contributed by atoms with Crippen LogP contribution >= 0.6 is 15.9 Å². The zero-order valence-corrected chi connectivity index (χ0v) is 14.6. The van der Waals surface area contributed by atoms with Gasteiger partial charge >= 0.3 is 5.97 Å². The minimum Gasteiger partial charge on any atom is -0.452 e. The van der Waals surface area contributed by atoms with Gasteiger partial charge in [0, 0.05) is 10.2 Å². The van der Waals surface area contributed by atoms with Crippen molar-refractivity contribution in [3.05, 3.63) is 64.1 Å². The van der Waals surface area contributed by atoms with E-state index in [1.54, 1.807) is 19.1 Å². The summed E-state index contributed by atoms with van der Waals surface area (Å²) in [4.78, 5) is 23.9. The largest absolute Gasteiger partial charge is 0.452 e. The maximum Gasteiger partial charge on any atom is 0.311 e. The molecule has 0 bridgehead atoms. The summed E-state index contributed by atoms with van der Waals surface area (Å²) in [7, 11) is 0. The van der Waals surface area contributed by atoms with Crippen molar-refractivity contribution in [1.82, 2.24) is 0 Å². The number of hydrogen-bond donors (Lipinski definition) is 1. The Morgan fingerprint density at radius 1 is 1.09 bits per heavy atom. The molecule has 0 unspecified atom stereocenters. The Labute approximate surface area is 144 Å². The number of rotatable bonds is 5. The molecule has 0 saturated carbocycles. The molecule has 4 nitrogen and oxygen atoms in total. The number of carbonyl (C=O) groups is 2. The van der Waals surface area contributed by atoms with Gasteiger partial charge in [-0.1, -0.05) is 45.8 Å². The van der Waals surface area contributed by atoms with Crippen molar-refractivity contribution >= 4 is 33.5 Å². The quantitative estimate of drug-likeness (QED) is 0.806. The number of ether oxygens (including phenoxy) is 1. The number of hydrogen-bond acceptors (Lipinski definition) is 3. The highest BCUT2D eigenvalue weighted by atomic mass is 79.9. The topological polar surface area (TPSA) is 55.4 Å². The van der Waals surface area contributed by atoms with Gasteiger partial charge in [-0.3, -0.25) is 9.59 Å². The fourth-order valence-electron chi connectivity index (χ4n) is 1.94. The molecule has 0 radical (unpaired) electrons. The first-order chi connectivity index (χ1) is 10.9. The van der Waals surface area contributed by atoms with E-state index in [4.69, 9.17) is 4.74 Å². The summed E-state index contributed by atoms with van der Waals surface area (Å²) in [5, 5.41) is 2.71. The second-order valence-electron chi connectivity index (χ2n) is 5.29. The number of benzene rings is 2. The van der Waals surface area contributed by atoms with Crippen molar-refractivity contribution in [1.29, 1.82) is 0 Å². The van der Waals surface area contributed by atoms with Gasteiger partial charge in [-0.15, -0.1) is 0 Å². The first-order valence-corrected chi connectivity index (χ1v) is 8.05. The minimum atomic E-state index is -0.850. The molecule has 0 heterocycles. The molecule has 2 aromatic rings. The van der Waals surface area contributed by atoms with Crippen molar-refractivity contribution in [2.24, 2.45) is 0 Å². The van der Waals surface area contributed by atoms with Gasteiger partial charge in [-0.2, -0.15) is 0 Å². The van der Waals surface area contributed by atoms with E-state index in [0.717, 1.165) is 15.6 Å². The lowest BCUT2D eigenvalue weighted by Crippen LogP contribution is -2.30. The van der Waals surface area contributed by atoms with Crippen LogP contribution in [0.4, 0.5) is 5.69 Å². The van der Waals surface area contributed by atoms with Crippen molar-refractivity contribution in [3.8, 4) is 0 Å². The summed E-state index contributed by atoms with van der Waals surface area (Å²) in [6, 6.07) is 14.8. The summed E-state index contributed by atoms with van der Waals surface area (Å²) >= 11 is 3.33. The monoisotopic (exact) mass is 375 g/mol. The van der Waals surface area contributed by atoms with Gasteiger partial charge in [0.1, 0.15) is 0 Å². The molecule has 0 aliphatic carbocycles. The van der Waals surface area contributed by atoms with Crippen LogP contribution in [0.5, 0.6) is 0 Å². The van der Waals surface area contributed by atoms with Crippen LogP contribution in [0.1, 0.15) is 18.1 Å². The van der Waals surface area contributed by atoms with Crippen LogP contribution in [0.25, 0.3) is 0 Å². The minimum absolute atomic E-state index is 0.149. The molecule has 0 fully saturated rings. The standard InChI is InChI=1S/C18H18BrNO3/c1-12-3-5-14(6-4-12)11-17(21)23-13(2)18(22)20-16-9-7-15(19)8-10-16/h3-10,13H,11H2,1-2H3,(H,20,22)/t13-/m1/s1.